The summed E-state index contributed by atoms with van der Waals surface area (Å²) in [5.74, 6) is -1.08. The Kier molecular flexibility index (Phi) is 6.23. The first-order valence-electron chi connectivity index (χ1n) is 5.40. The van der Waals surface area contributed by atoms with Gasteiger partial charge in [-0.2, -0.15) is 13.2 Å². The molecule has 1 N–H and O–H groups in total. The first kappa shape index (κ1) is 16.0. The van der Waals surface area contributed by atoms with Crippen molar-refractivity contribution < 1.29 is 23.1 Å². The van der Waals surface area contributed by atoms with Crippen LogP contribution < -0.4 is 0 Å². The van der Waals surface area contributed by atoms with Crippen LogP contribution in [0.2, 0.25) is 0 Å². The molecule has 0 rings (SSSR count). The number of hydrogen-bond donors (Lipinski definition) is 1. The van der Waals surface area contributed by atoms with Crippen LogP contribution in [0.5, 0.6) is 0 Å². The number of nitrogens with zero attached hydrogens (tertiary/aromatic N) is 1. The normalized spacial score (nSPS) is 13.5. The second kappa shape index (κ2) is 6.64. The standard InChI is InChI=1S/C11H18F3NO2/c1-4-9(10(16)17)5-6-15(8(2)3)7-11(12,13)14/h5,8H,4,6-7H2,1-3H3,(H,16,17). The van der Waals surface area contributed by atoms with E-state index in [1.54, 1.807) is 20.8 Å². The molecule has 0 fully saturated rings. The zero-order chi connectivity index (χ0) is 13.6. The first-order chi connectivity index (χ1) is 7.67. The summed E-state index contributed by atoms with van der Waals surface area (Å²) in [5.41, 5.74) is 0.137. The molecule has 0 atom stereocenters. The number of carboxylic acid groups (broad SMARTS) is 1. The molecule has 100 valence electrons. The minimum Gasteiger partial charge on any atom is -0.478 e. The molecule has 0 bridgehead atoms. The van der Waals surface area contributed by atoms with Crippen molar-refractivity contribution in [2.45, 2.75) is 39.4 Å². The Morgan fingerprint density at radius 1 is 1.41 bits per heavy atom. The van der Waals surface area contributed by atoms with Gasteiger partial charge in [-0.05, 0) is 20.3 Å². The van der Waals surface area contributed by atoms with Crippen molar-refractivity contribution in [3.8, 4) is 0 Å². The van der Waals surface area contributed by atoms with Gasteiger partial charge in [0.15, 0.2) is 0 Å². The van der Waals surface area contributed by atoms with E-state index in [2.05, 4.69) is 0 Å². The first-order valence-corrected chi connectivity index (χ1v) is 5.40. The van der Waals surface area contributed by atoms with Crippen LogP contribution in [-0.2, 0) is 4.79 Å². The molecule has 0 aliphatic carbocycles. The summed E-state index contributed by atoms with van der Waals surface area (Å²) >= 11 is 0. The maximum absolute atomic E-state index is 12.3. The Labute approximate surface area is 98.9 Å². The lowest BCUT2D eigenvalue weighted by Crippen LogP contribution is -2.39. The van der Waals surface area contributed by atoms with Crippen LogP contribution >= 0.6 is 0 Å². The third kappa shape index (κ3) is 6.99. The van der Waals surface area contributed by atoms with Gasteiger partial charge in [0.1, 0.15) is 0 Å². The second-order valence-corrected chi connectivity index (χ2v) is 4.03. The van der Waals surface area contributed by atoms with Crippen LogP contribution in [0.1, 0.15) is 27.2 Å². The summed E-state index contributed by atoms with van der Waals surface area (Å²) in [6.07, 6.45) is -2.63. The molecular formula is C11H18F3NO2. The van der Waals surface area contributed by atoms with Crippen LogP contribution in [0.15, 0.2) is 11.6 Å². The number of aliphatic carboxylic acids is 1. The van der Waals surface area contributed by atoms with Gasteiger partial charge in [-0.15, -0.1) is 0 Å². The van der Waals surface area contributed by atoms with Crippen molar-refractivity contribution in [1.82, 2.24) is 4.90 Å². The third-order valence-corrected chi connectivity index (χ3v) is 2.34. The molecule has 0 aliphatic rings. The van der Waals surface area contributed by atoms with Gasteiger partial charge in [0.25, 0.3) is 0 Å². The minimum absolute atomic E-state index is 0.00729. The molecule has 3 nitrogen and oxygen atoms in total. The summed E-state index contributed by atoms with van der Waals surface area (Å²) in [6.45, 7) is 3.91. The van der Waals surface area contributed by atoms with E-state index in [1.165, 1.54) is 11.0 Å². The quantitative estimate of drug-likeness (QED) is 0.740. The zero-order valence-corrected chi connectivity index (χ0v) is 10.2. The number of hydrogen-bond acceptors (Lipinski definition) is 2. The Morgan fingerprint density at radius 3 is 2.24 bits per heavy atom. The van der Waals surface area contributed by atoms with Crippen LogP contribution in [0.4, 0.5) is 13.2 Å². The molecule has 0 aromatic carbocycles. The van der Waals surface area contributed by atoms with Crippen LogP contribution in [0.25, 0.3) is 0 Å². The van der Waals surface area contributed by atoms with Gasteiger partial charge >= 0.3 is 12.1 Å². The molecule has 0 unspecified atom stereocenters. The van der Waals surface area contributed by atoms with Gasteiger partial charge in [0.05, 0.1) is 6.54 Å². The van der Waals surface area contributed by atoms with Gasteiger partial charge in [0, 0.05) is 18.2 Å². The zero-order valence-electron chi connectivity index (χ0n) is 10.2. The van der Waals surface area contributed by atoms with Crippen molar-refractivity contribution in [3.63, 3.8) is 0 Å². The van der Waals surface area contributed by atoms with Crippen molar-refractivity contribution in [2.24, 2.45) is 0 Å². The summed E-state index contributed by atoms with van der Waals surface area (Å²) in [7, 11) is 0. The highest BCUT2D eigenvalue weighted by Gasteiger charge is 2.31. The Bertz CT molecular complexity index is 285. The van der Waals surface area contributed by atoms with Crippen molar-refractivity contribution in [1.29, 1.82) is 0 Å². The number of halogens is 3. The molecule has 0 saturated heterocycles. The fraction of sp³-hybridized carbons (Fsp3) is 0.727. The molecular weight excluding hydrogens is 235 g/mol. The van der Waals surface area contributed by atoms with Gasteiger partial charge in [-0.1, -0.05) is 13.0 Å². The number of carboxylic acids is 1. The smallest absolute Gasteiger partial charge is 0.401 e. The van der Waals surface area contributed by atoms with E-state index in [1.807, 2.05) is 0 Å². The molecule has 0 aliphatic heterocycles. The van der Waals surface area contributed by atoms with Gasteiger partial charge in [0.2, 0.25) is 0 Å². The van der Waals surface area contributed by atoms with Crippen LogP contribution in [0, 0.1) is 0 Å². The molecule has 0 amide bonds. The van der Waals surface area contributed by atoms with E-state index in [-0.39, 0.29) is 18.2 Å². The predicted molar refractivity (Wildman–Crippen MR) is 58.8 cm³/mol. The van der Waals surface area contributed by atoms with Gasteiger partial charge in [-0.3, -0.25) is 4.90 Å². The Morgan fingerprint density at radius 2 is 1.94 bits per heavy atom. The Hall–Kier alpha value is -1.04. The monoisotopic (exact) mass is 253 g/mol. The second-order valence-electron chi connectivity index (χ2n) is 4.03. The third-order valence-electron chi connectivity index (χ3n) is 2.34. The van der Waals surface area contributed by atoms with Crippen molar-refractivity contribution in [3.05, 3.63) is 11.6 Å². The predicted octanol–water partition coefficient (Wildman–Crippen LogP) is 2.68. The molecule has 17 heavy (non-hydrogen) atoms. The van der Waals surface area contributed by atoms with E-state index in [9.17, 15) is 18.0 Å². The molecule has 0 saturated carbocycles. The van der Waals surface area contributed by atoms with Crippen LogP contribution in [0.3, 0.4) is 0 Å². The summed E-state index contributed by atoms with van der Waals surface area (Å²) in [4.78, 5) is 11.9. The summed E-state index contributed by atoms with van der Waals surface area (Å²) < 4.78 is 36.8. The molecule has 0 spiro atoms. The van der Waals surface area contributed by atoms with Gasteiger partial charge < -0.3 is 5.11 Å². The minimum atomic E-state index is -4.27. The SMILES string of the molecule is CCC(=CCN(CC(F)(F)F)C(C)C)C(=O)O. The fourth-order valence-corrected chi connectivity index (χ4v) is 1.30. The van der Waals surface area contributed by atoms with Crippen LogP contribution in [-0.4, -0.2) is 41.3 Å². The van der Waals surface area contributed by atoms with E-state index in [0.717, 1.165) is 0 Å². The molecule has 0 heterocycles. The van der Waals surface area contributed by atoms with Crippen molar-refractivity contribution in [2.75, 3.05) is 13.1 Å². The van der Waals surface area contributed by atoms with E-state index >= 15 is 0 Å². The molecule has 0 aromatic heterocycles. The highest BCUT2D eigenvalue weighted by molar-refractivity contribution is 5.86. The highest BCUT2D eigenvalue weighted by atomic mass is 19.4. The lowest BCUT2D eigenvalue weighted by Gasteiger charge is -2.26. The van der Waals surface area contributed by atoms with Gasteiger partial charge in [-0.25, -0.2) is 4.79 Å². The fourth-order valence-electron chi connectivity index (χ4n) is 1.30. The van der Waals surface area contributed by atoms with Crippen molar-refractivity contribution >= 4 is 5.97 Å². The number of carbonyl (C=O) groups is 1. The summed E-state index contributed by atoms with van der Waals surface area (Å²) in [5, 5.41) is 8.75. The molecule has 0 aromatic rings. The largest absolute Gasteiger partial charge is 0.478 e. The topological polar surface area (TPSA) is 40.5 Å². The number of rotatable bonds is 6. The average Bonchev–Trinajstić information content (AvgIpc) is 2.14. The maximum atomic E-state index is 12.3. The molecule has 0 radical (unpaired) electrons. The maximum Gasteiger partial charge on any atom is 0.401 e. The average molecular weight is 253 g/mol. The lowest BCUT2D eigenvalue weighted by atomic mass is 10.2. The number of alkyl halides is 3. The highest BCUT2D eigenvalue weighted by Crippen LogP contribution is 2.18. The van der Waals surface area contributed by atoms with E-state index in [4.69, 9.17) is 5.11 Å². The van der Waals surface area contributed by atoms with E-state index in [0.29, 0.717) is 6.42 Å². The lowest BCUT2D eigenvalue weighted by molar-refractivity contribution is -0.148. The summed E-state index contributed by atoms with van der Waals surface area (Å²) in [6, 6.07) is -0.292. The Balaban J connectivity index is 4.61. The molecule has 6 heteroatoms. The van der Waals surface area contributed by atoms with E-state index < -0.39 is 18.7 Å².